The molecule has 2 rings (SSSR count). The number of imide groups is 1. The Kier molecular flexibility index (Phi) is 4.25. The lowest BCUT2D eigenvalue weighted by molar-refractivity contribution is -0.385. The van der Waals surface area contributed by atoms with Crippen molar-refractivity contribution >= 4 is 29.7 Å². The molecule has 0 atom stereocenters. The summed E-state index contributed by atoms with van der Waals surface area (Å²) in [5.74, 6) is -2.11. The smallest absolute Gasteiger partial charge is 0.329 e. The van der Waals surface area contributed by atoms with E-state index in [1.807, 2.05) is 0 Å². The summed E-state index contributed by atoms with van der Waals surface area (Å²) in [5, 5.41) is 21.8. The molecular formula is C13H11N3O7. The second-order valence-electron chi connectivity index (χ2n) is 4.46. The first-order valence-corrected chi connectivity index (χ1v) is 6.22. The number of nitrogens with zero attached hydrogens (tertiary/aromatic N) is 2. The predicted octanol–water partition coefficient (Wildman–Crippen LogP) is 0.581. The van der Waals surface area contributed by atoms with Crippen molar-refractivity contribution in [2.45, 2.75) is 0 Å². The van der Waals surface area contributed by atoms with E-state index in [-0.39, 0.29) is 22.7 Å². The van der Waals surface area contributed by atoms with Gasteiger partial charge in [-0.1, -0.05) is 6.07 Å². The van der Waals surface area contributed by atoms with Gasteiger partial charge in [0.1, 0.15) is 12.2 Å². The Morgan fingerprint density at radius 2 is 2.17 bits per heavy atom. The highest BCUT2D eigenvalue weighted by Crippen LogP contribution is 2.28. The SMILES string of the molecule is COc1ccc(/C=C2/NC(=O)N(CC(=O)O)C2=O)cc1[N+](=O)[O-]. The van der Waals surface area contributed by atoms with Crippen LogP contribution in [0.15, 0.2) is 23.9 Å². The number of nitro groups is 1. The lowest BCUT2D eigenvalue weighted by Crippen LogP contribution is -2.35. The van der Waals surface area contributed by atoms with Crippen molar-refractivity contribution in [3.8, 4) is 5.75 Å². The molecule has 1 aromatic rings. The van der Waals surface area contributed by atoms with Crippen molar-refractivity contribution in [2.24, 2.45) is 0 Å². The van der Waals surface area contributed by atoms with E-state index in [1.54, 1.807) is 0 Å². The number of carboxylic acids is 1. The van der Waals surface area contributed by atoms with Crippen LogP contribution in [0.1, 0.15) is 5.56 Å². The van der Waals surface area contributed by atoms with Crippen molar-refractivity contribution in [1.82, 2.24) is 10.2 Å². The Balaban J connectivity index is 2.34. The van der Waals surface area contributed by atoms with E-state index in [4.69, 9.17) is 9.84 Å². The fourth-order valence-corrected chi connectivity index (χ4v) is 1.96. The summed E-state index contributed by atoms with van der Waals surface area (Å²) in [4.78, 5) is 45.0. The minimum Gasteiger partial charge on any atom is -0.490 e. The van der Waals surface area contributed by atoms with Crippen LogP contribution in [-0.2, 0) is 9.59 Å². The number of hydrogen-bond donors (Lipinski definition) is 2. The molecule has 2 N–H and O–H groups in total. The van der Waals surface area contributed by atoms with Gasteiger partial charge in [0.2, 0.25) is 0 Å². The maximum absolute atomic E-state index is 12.0. The number of methoxy groups -OCH3 is 1. The Morgan fingerprint density at radius 1 is 1.48 bits per heavy atom. The Bertz CT molecular complexity index is 741. The summed E-state index contributed by atoms with van der Waals surface area (Å²) < 4.78 is 4.86. The van der Waals surface area contributed by atoms with Crippen LogP contribution in [0.4, 0.5) is 10.5 Å². The Morgan fingerprint density at radius 3 is 2.74 bits per heavy atom. The van der Waals surface area contributed by atoms with Crippen molar-refractivity contribution in [3.63, 3.8) is 0 Å². The van der Waals surface area contributed by atoms with Gasteiger partial charge in [-0.3, -0.25) is 19.7 Å². The summed E-state index contributed by atoms with van der Waals surface area (Å²) in [5.41, 5.74) is -0.199. The van der Waals surface area contributed by atoms with Gasteiger partial charge < -0.3 is 15.2 Å². The molecule has 0 saturated carbocycles. The molecule has 0 bridgehead atoms. The molecule has 1 aliphatic heterocycles. The third kappa shape index (κ3) is 3.26. The molecule has 10 nitrogen and oxygen atoms in total. The monoisotopic (exact) mass is 321 g/mol. The van der Waals surface area contributed by atoms with Crippen LogP contribution >= 0.6 is 0 Å². The Labute approximate surface area is 129 Å². The minimum atomic E-state index is -1.34. The summed E-state index contributed by atoms with van der Waals surface area (Å²) in [7, 11) is 1.28. The Hall–Kier alpha value is -3.43. The van der Waals surface area contributed by atoms with Crippen molar-refractivity contribution < 1.29 is 29.2 Å². The van der Waals surface area contributed by atoms with Gasteiger partial charge in [0.15, 0.2) is 5.75 Å². The second kappa shape index (κ2) is 6.13. The van der Waals surface area contributed by atoms with Gasteiger partial charge in [-0.25, -0.2) is 9.69 Å². The largest absolute Gasteiger partial charge is 0.490 e. The molecule has 0 spiro atoms. The third-order valence-electron chi connectivity index (χ3n) is 2.97. The second-order valence-corrected chi connectivity index (χ2v) is 4.46. The molecule has 0 aromatic heterocycles. The number of carbonyl (C=O) groups is 3. The van der Waals surface area contributed by atoms with Gasteiger partial charge in [0.05, 0.1) is 12.0 Å². The van der Waals surface area contributed by atoms with Crippen molar-refractivity contribution in [1.29, 1.82) is 0 Å². The van der Waals surface area contributed by atoms with Crippen LogP contribution in [0.3, 0.4) is 0 Å². The number of benzene rings is 1. The van der Waals surface area contributed by atoms with Gasteiger partial charge in [0, 0.05) is 6.07 Å². The first-order valence-electron chi connectivity index (χ1n) is 6.22. The number of amides is 3. The standard InChI is InChI=1S/C13H11N3O7/c1-23-10-3-2-7(5-9(10)16(21)22)4-8-12(19)15(6-11(17)18)13(20)14-8/h2-5H,6H2,1H3,(H,14,20)(H,17,18)/b8-4+. The summed E-state index contributed by atoms with van der Waals surface area (Å²) in [6, 6.07) is 3.11. The average Bonchev–Trinajstić information content (AvgIpc) is 2.74. The number of ether oxygens (including phenoxy) is 1. The summed E-state index contributed by atoms with van der Waals surface area (Å²) in [6.45, 7) is -0.773. The van der Waals surface area contributed by atoms with E-state index in [1.165, 1.54) is 31.4 Å². The fraction of sp³-hybridized carbons (Fsp3) is 0.154. The first-order chi connectivity index (χ1) is 10.8. The molecule has 1 heterocycles. The number of nitrogens with one attached hydrogen (secondary N) is 1. The van der Waals surface area contributed by atoms with E-state index in [0.29, 0.717) is 4.90 Å². The van der Waals surface area contributed by atoms with Crippen LogP contribution in [0.2, 0.25) is 0 Å². The molecular weight excluding hydrogens is 310 g/mol. The minimum absolute atomic E-state index is 0.0476. The molecule has 10 heteroatoms. The van der Waals surface area contributed by atoms with E-state index in [0.717, 1.165) is 0 Å². The van der Waals surface area contributed by atoms with Crippen LogP contribution < -0.4 is 10.1 Å². The zero-order chi connectivity index (χ0) is 17.1. The lowest BCUT2D eigenvalue weighted by atomic mass is 10.1. The molecule has 0 unspecified atom stereocenters. The first kappa shape index (κ1) is 15.9. The molecule has 1 aromatic carbocycles. The van der Waals surface area contributed by atoms with Gasteiger partial charge >= 0.3 is 17.7 Å². The molecule has 23 heavy (non-hydrogen) atoms. The van der Waals surface area contributed by atoms with Crippen LogP contribution in [0, 0.1) is 10.1 Å². The number of aliphatic carboxylic acids is 1. The zero-order valence-corrected chi connectivity index (χ0v) is 11.8. The van der Waals surface area contributed by atoms with Crippen molar-refractivity contribution in [2.75, 3.05) is 13.7 Å². The average molecular weight is 321 g/mol. The van der Waals surface area contributed by atoms with Gasteiger partial charge in [0.25, 0.3) is 5.91 Å². The van der Waals surface area contributed by atoms with Gasteiger partial charge in [-0.05, 0) is 17.7 Å². The number of nitro benzene ring substituents is 1. The summed E-state index contributed by atoms with van der Waals surface area (Å²) in [6.07, 6.45) is 1.22. The van der Waals surface area contributed by atoms with Crippen LogP contribution in [-0.4, -0.2) is 46.5 Å². The van der Waals surface area contributed by atoms with Crippen molar-refractivity contribution in [3.05, 3.63) is 39.6 Å². The molecule has 3 amide bonds. The molecule has 120 valence electrons. The lowest BCUT2D eigenvalue weighted by Gasteiger charge is -2.06. The van der Waals surface area contributed by atoms with Gasteiger partial charge in [-0.2, -0.15) is 0 Å². The maximum atomic E-state index is 12.0. The van der Waals surface area contributed by atoms with E-state index < -0.39 is 29.4 Å². The van der Waals surface area contributed by atoms with Crippen LogP contribution in [0.5, 0.6) is 5.75 Å². The summed E-state index contributed by atoms with van der Waals surface area (Å²) >= 11 is 0. The number of urea groups is 1. The molecule has 0 aliphatic carbocycles. The number of carbonyl (C=O) groups excluding carboxylic acids is 2. The third-order valence-corrected chi connectivity index (χ3v) is 2.97. The van der Waals surface area contributed by atoms with E-state index >= 15 is 0 Å². The van der Waals surface area contributed by atoms with E-state index in [2.05, 4.69) is 5.32 Å². The highest BCUT2D eigenvalue weighted by molar-refractivity contribution is 6.15. The maximum Gasteiger partial charge on any atom is 0.329 e. The fourth-order valence-electron chi connectivity index (χ4n) is 1.96. The number of hydrogen-bond acceptors (Lipinski definition) is 6. The predicted molar refractivity (Wildman–Crippen MR) is 75.5 cm³/mol. The molecule has 0 radical (unpaired) electrons. The quantitative estimate of drug-likeness (QED) is 0.350. The molecule has 1 saturated heterocycles. The molecule has 1 aliphatic rings. The zero-order valence-electron chi connectivity index (χ0n) is 11.8. The topological polar surface area (TPSA) is 139 Å². The van der Waals surface area contributed by atoms with Gasteiger partial charge in [-0.15, -0.1) is 0 Å². The number of rotatable bonds is 5. The highest BCUT2D eigenvalue weighted by Gasteiger charge is 2.34. The van der Waals surface area contributed by atoms with E-state index in [9.17, 15) is 24.5 Å². The highest BCUT2D eigenvalue weighted by atomic mass is 16.6. The molecule has 1 fully saturated rings. The number of carboxylic acid groups (broad SMARTS) is 1. The normalized spacial score (nSPS) is 15.7. The van der Waals surface area contributed by atoms with Crippen LogP contribution in [0.25, 0.3) is 6.08 Å².